The number of carbonyl (C=O) groups is 3. The lowest BCUT2D eigenvalue weighted by molar-refractivity contribution is -0.139. The summed E-state index contributed by atoms with van der Waals surface area (Å²) in [6, 6.07) is -1.39. The summed E-state index contributed by atoms with van der Waals surface area (Å²) < 4.78 is 4.90. The molecule has 0 saturated heterocycles. The molecule has 0 spiro atoms. The van der Waals surface area contributed by atoms with Crippen LogP contribution in [0.5, 0.6) is 0 Å². The molecule has 0 fully saturated rings. The van der Waals surface area contributed by atoms with Gasteiger partial charge in [0.1, 0.15) is 6.04 Å². The van der Waals surface area contributed by atoms with Crippen molar-refractivity contribution in [1.82, 2.24) is 10.6 Å². The lowest BCUT2D eigenvalue weighted by Crippen LogP contribution is -2.44. The van der Waals surface area contributed by atoms with Gasteiger partial charge in [-0.05, 0) is 6.92 Å². The molecule has 0 aromatic carbocycles. The number of urea groups is 1. The van der Waals surface area contributed by atoms with E-state index in [9.17, 15) is 14.4 Å². The molecule has 0 radical (unpaired) electrons. The number of carboxylic acid groups (broad SMARTS) is 1. The van der Waals surface area contributed by atoms with Gasteiger partial charge in [0.25, 0.3) is 0 Å². The van der Waals surface area contributed by atoms with E-state index in [1.54, 1.807) is 6.92 Å². The summed E-state index contributed by atoms with van der Waals surface area (Å²) >= 11 is 1.22. The first kappa shape index (κ1) is 16.3. The first-order valence-electron chi connectivity index (χ1n) is 5.95. The van der Waals surface area contributed by atoms with Crippen molar-refractivity contribution < 1.29 is 24.2 Å². The third-order valence-electron chi connectivity index (χ3n) is 2.44. The molecule has 1 aliphatic heterocycles. The first-order chi connectivity index (χ1) is 9.45. The number of nitrogens with two attached hydrogens (primary N) is 1. The van der Waals surface area contributed by atoms with Crippen molar-refractivity contribution in [3.63, 3.8) is 0 Å². The first-order valence-corrected chi connectivity index (χ1v) is 7.11. The number of ether oxygens (including phenoxy) is 1. The van der Waals surface area contributed by atoms with Crippen molar-refractivity contribution in [3.8, 4) is 0 Å². The number of aliphatic carboxylic acids is 1. The van der Waals surface area contributed by atoms with E-state index in [1.807, 2.05) is 0 Å². The van der Waals surface area contributed by atoms with Crippen LogP contribution >= 0.6 is 11.8 Å². The molecule has 0 aliphatic carbocycles. The zero-order chi connectivity index (χ0) is 15.1. The topological polar surface area (TPSA) is 131 Å². The van der Waals surface area contributed by atoms with Crippen molar-refractivity contribution in [2.45, 2.75) is 13.0 Å². The third kappa shape index (κ3) is 4.74. The second-order valence-electron chi connectivity index (χ2n) is 3.95. The number of thioether (sulfide) groups is 1. The molecule has 0 saturated carbocycles. The molecule has 1 rings (SSSR count). The predicted octanol–water partition coefficient (Wildman–Crippen LogP) is -0.738. The largest absolute Gasteiger partial charge is 0.480 e. The van der Waals surface area contributed by atoms with Crippen LogP contribution in [0.2, 0.25) is 0 Å². The van der Waals surface area contributed by atoms with Gasteiger partial charge in [-0.1, -0.05) is 0 Å². The molecule has 0 aromatic heterocycles. The summed E-state index contributed by atoms with van der Waals surface area (Å²) in [7, 11) is 0. The SMILES string of the molecule is CCOC(=O)C1=C(CSC[C@H](N)C(=O)O)NC(=O)NC1. The Hall–Kier alpha value is -1.74. The molecule has 5 N–H and O–H groups in total. The molecule has 9 heteroatoms. The fourth-order valence-corrected chi connectivity index (χ4v) is 2.39. The van der Waals surface area contributed by atoms with E-state index in [0.29, 0.717) is 11.3 Å². The van der Waals surface area contributed by atoms with Crippen molar-refractivity contribution in [3.05, 3.63) is 11.3 Å². The minimum absolute atomic E-state index is 0.0888. The quantitative estimate of drug-likeness (QED) is 0.456. The average Bonchev–Trinajstić information content (AvgIpc) is 2.38. The summed E-state index contributed by atoms with van der Waals surface area (Å²) in [6.45, 7) is 2.01. The number of carbonyl (C=O) groups excluding carboxylic acids is 2. The Morgan fingerprint density at radius 2 is 2.25 bits per heavy atom. The van der Waals surface area contributed by atoms with Crippen LogP contribution < -0.4 is 16.4 Å². The molecular formula is C11H17N3O5S. The second kappa shape index (κ2) is 7.75. The van der Waals surface area contributed by atoms with Gasteiger partial charge in [-0.25, -0.2) is 9.59 Å². The highest BCUT2D eigenvalue weighted by molar-refractivity contribution is 7.99. The molecule has 0 aromatic rings. The van der Waals surface area contributed by atoms with E-state index in [1.165, 1.54) is 11.8 Å². The van der Waals surface area contributed by atoms with Crippen molar-refractivity contribution in [2.75, 3.05) is 24.7 Å². The van der Waals surface area contributed by atoms with E-state index in [-0.39, 0.29) is 24.7 Å². The average molecular weight is 303 g/mol. The van der Waals surface area contributed by atoms with E-state index in [2.05, 4.69) is 10.6 Å². The highest BCUT2D eigenvalue weighted by atomic mass is 32.2. The maximum absolute atomic E-state index is 11.7. The van der Waals surface area contributed by atoms with Gasteiger partial charge >= 0.3 is 18.0 Å². The van der Waals surface area contributed by atoms with Crippen LogP contribution in [-0.4, -0.2) is 53.8 Å². The van der Waals surface area contributed by atoms with Crippen molar-refractivity contribution in [1.29, 1.82) is 0 Å². The molecule has 8 nitrogen and oxygen atoms in total. The third-order valence-corrected chi connectivity index (χ3v) is 3.52. The Bertz CT molecular complexity index is 438. The fourth-order valence-electron chi connectivity index (χ4n) is 1.43. The van der Waals surface area contributed by atoms with Crippen LogP contribution in [0, 0.1) is 0 Å². The van der Waals surface area contributed by atoms with Crippen LogP contribution in [0.25, 0.3) is 0 Å². The molecule has 0 unspecified atom stereocenters. The zero-order valence-corrected chi connectivity index (χ0v) is 11.8. The minimum Gasteiger partial charge on any atom is -0.480 e. The summed E-state index contributed by atoms with van der Waals surface area (Å²) in [5.74, 6) is -1.13. The molecule has 112 valence electrons. The molecule has 1 heterocycles. The van der Waals surface area contributed by atoms with Gasteiger partial charge in [0, 0.05) is 17.2 Å². The number of rotatable bonds is 7. The predicted molar refractivity (Wildman–Crippen MR) is 73.1 cm³/mol. The number of esters is 1. The summed E-state index contributed by atoms with van der Waals surface area (Å²) in [6.07, 6.45) is 0. The maximum atomic E-state index is 11.7. The highest BCUT2D eigenvalue weighted by Crippen LogP contribution is 2.14. The van der Waals surface area contributed by atoms with E-state index < -0.39 is 24.0 Å². The number of hydrogen-bond acceptors (Lipinski definition) is 6. The number of carboxylic acids is 1. The van der Waals surface area contributed by atoms with Crippen molar-refractivity contribution >= 4 is 29.7 Å². The van der Waals surface area contributed by atoms with Crippen molar-refractivity contribution in [2.24, 2.45) is 5.73 Å². The Morgan fingerprint density at radius 1 is 1.55 bits per heavy atom. The number of nitrogens with one attached hydrogen (secondary N) is 2. The summed E-state index contributed by atoms with van der Waals surface area (Å²) in [4.78, 5) is 33.6. The van der Waals surface area contributed by atoms with E-state index >= 15 is 0 Å². The Kier molecular flexibility index (Phi) is 6.32. The van der Waals surface area contributed by atoms with E-state index in [0.717, 1.165) is 0 Å². The lowest BCUT2D eigenvalue weighted by atomic mass is 10.2. The maximum Gasteiger partial charge on any atom is 0.337 e. The van der Waals surface area contributed by atoms with E-state index in [4.69, 9.17) is 15.6 Å². The van der Waals surface area contributed by atoms with Crippen LogP contribution in [0.15, 0.2) is 11.3 Å². The van der Waals surface area contributed by atoms with Gasteiger partial charge in [0.2, 0.25) is 0 Å². The Balaban J connectivity index is 2.66. The highest BCUT2D eigenvalue weighted by Gasteiger charge is 2.23. The Labute approximate surface area is 120 Å². The monoisotopic (exact) mass is 303 g/mol. The fraction of sp³-hybridized carbons (Fsp3) is 0.545. The second-order valence-corrected chi connectivity index (χ2v) is 4.98. The lowest BCUT2D eigenvalue weighted by Gasteiger charge is -2.21. The molecular weight excluding hydrogens is 286 g/mol. The van der Waals surface area contributed by atoms with Gasteiger partial charge in [-0.2, -0.15) is 11.8 Å². The van der Waals surface area contributed by atoms with Gasteiger partial charge in [0.15, 0.2) is 0 Å². The number of hydrogen-bond donors (Lipinski definition) is 4. The van der Waals surface area contributed by atoms with Gasteiger partial charge in [0.05, 0.1) is 18.7 Å². The normalized spacial score (nSPS) is 16.2. The minimum atomic E-state index is -1.09. The smallest absolute Gasteiger partial charge is 0.337 e. The summed E-state index contributed by atoms with van der Waals surface area (Å²) in [5, 5.41) is 13.7. The zero-order valence-electron chi connectivity index (χ0n) is 11.0. The van der Waals surface area contributed by atoms with Crippen LogP contribution in [0.4, 0.5) is 4.79 Å². The molecule has 1 atom stereocenters. The van der Waals surface area contributed by atoms with Gasteiger partial charge < -0.3 is 26.2 Å². The Morgan fingerprint density at radius 3 is 2.85 bits per heavy atom. The molecule has 20 heavy (non-hydrogen) atoms. The van der Waals surface area contributed by atoms with Crippen LogP contribution in [-0.2, 0) is 14.3 Å². The molecule has 2 amide bonds. The number of amides is 2. The van der Waals surface area contributed by atoms with Gasteiger partial charge in [-0.3, -0.25) is 4.79 Å². The standard InChI is InChI=1S/C11H17N3O5S/c1-2-19-10(17)6-3-13-11(18)14-8(6)5-20-4-7(12)9(15)16/h7H,2-5,12H2,1H3,(H,15,16)(H2,13,14,18)/t7-/m0/s1. The van der Waals surface area contributed by atoms with Gasteiger partial charge in [-0.15, -0.1) is 0 Å². The summed E-state index contributed by atoms with van der Waals surface area (Å²) in [5.41, 5.74) is 6.14. The van der Waals surface area contributed by atoms with Crippen LogP contribution in [0.1, 0.15) is 6.92 Å². The molecule has 1 aliphatic rings. The molecule has 0 bridgehead atoms. The van der Waals surface area contributed by atoms with Crippen LogP contribution in [0.3, 0.4) is 0 Å².